The molecule has 22 heavy (non-hydrogen) atoms. The van der Waals surface area contributed by atoms with Crippen LogP contribution in [0.5, 0.6) is 0 Å². The maximum atomic E-state index is 12.5. The predicted molar refractivity (Wildman–Crippen MR) is 89.9 cm³/mol. The molecule has 0 aromatic heterocycles. The van der Waals surface area contributed by atoms with Crippen molar-refractivity contribution in [3.63, 3.8) is 0 Å². The van der Waals surface area contributed by atoms with Gasteiger partial charge in [0.15, 0.2) is 0 Å². The van der Waals surface area contributed by atoms with Crippen molar-refractivity contribution in [3.8, 4) is 0 Å². The first kappa shape index (κ1) is 16.3. The lowest BCUT2D eigenvalue weighted by Crippen LogP contribution is -2.62. The quantitative estimate of drug-likeness (QED) is 0.865. The number of rotatable bonds is 4. The lowest BCUT2D eigenvalue weighted by Gasteiger charge is -2.50. The van der Waals surface area contributed by atoms with Crippen molar-refractivity contribution in [1.82, 2.24) is 15.1 Å². The van der Waals surface area contributed by atoms with Crippen molar-refractivity contribution >= 4 is 5.91 Å². The molecule has 0 aromatic carbocycles. The van der Waals surface area contributed by atoms with Crippen molar-refractivity contribution in [2.45, 2.75) is 63.8 Å². The maximum Gasteiger partial charge on any atom is 0.226 e. The Balaban J connectivity index is 1.64. The molecular formula is C18H33N3O. The lowest BCUT2D eigenvalue weighted by atomic mass is 9.69. The molecule has 0 spiro atoms. The van der Waals surface area contributed by atoms with Crippen LogP contribution in [0.25, 0.3) is 0 Å². The van der Waals surface area contributed by atoms with E-state index >= 15 is 0 Å². The topological polar surface area (TPSA) is 35.6 Å². The summed E-state index contributed by atoms with van der Waals surface area (Å²) in [6, 6.07) is 0. The van der Waals surface area contributed by atoms with Crippen LogP contribution in [0.4, 0.5) is 0 Å². The largest absolute Gasteiger partial charge is 0.354 e. The van der Waals surface area contributed by atoms with E-state index in [0.717, 1.165) is 32.5 Å². The summed E-state index contributed by atoms with van der Waals surface area (Å²) in [7, 11) is 2.22. The van der Waals surface area contributed by atoms with E-state index in [0.29, 0.717) is 5.91 Å². The van der Waals surface area contributed by atoms with Crippen LogP contribution in [0.3, 0.4) is 0 Å². The number of piperidine rings is 2. The number of likely N-dealkylation sites (tertiary alicyclic amines) is 2. The Morgan fingerprint density at radius 1 is 0.955 bits per heavy atom. The van der Waals surface area contributed by atoms with Crippen molar-refractivity contribution in [2.24, 2.45) is 5.41 Å². The van der Waals surface area contributed by atoms with Gasteiger partial charge in [-0.05, 0) is 71.8 Å². The van der Waals surface area contributed by atoms with E-state index in [-0.39, 0.29) is 11.0 Å². The number of hydrogen-bond donors (Lipinski definition) is 1. The highest BCUT2D eigenvalue weighted by Crippen LogP contribution is 2.40. The van der Waals surface area contributed by atoms with Crippen molar-refractivity contribution < 1.29 is 4.79 Å². The summed E-state index contributed by atoms with van der Waals surface area (Å²) in [5, 5.41) is 3.35. The van der Waals surface area contributed by atoms with E-state index in [4.69, 9.17) is 0 Å². The molecule has 0 unspecified atom stereocenters. The highest BCUT2D eigenvalue weighted by Gasteiger charge is 2.43. The van der Waals surface area contributed by atoms with Gasteiger partial charge in [-0.3, -0.25) is 9.69 Å². The Bertz CT molecular complexity index is 391. The van der Waals surface area contributed by atoms with E-state index in [9.17, 15) is 4.79 Å². The smallest absolute Gasteiger partial charge is 0.226 e. The van der Waals surface area contributed by atoms with E-state index < -0.39 is 0 Å². The third kappa shape index (κ3) is 3.18. The highest BCUT2D eigenvalue weighted by atomic mass is 16.2. The van der Waals surface area contributed by atoms with Crippen molar-refractivity contribution in [1.29, 1.82) is 0 Å². The van der Waals surface area contributed by atoms with Gasteiger partial charge in [0.2, 0.25) is 5.91 Å². The molecule has 4 nitrogen and oxygen atoms in total. The molecule has 3 aliphatic rings. The third-order valence-electron chi connectivity index (χ3n) is 6.53. The van der Waals surface area contributed by atoms with Gasteiger partial charge in [-0.2, -0.15) is 0 Å². The van der Waals surface area contributed by atoms with Gasteiger partial charge in [0.1, 0.15) is 0 Å². The van der Waals surface area contributed by atoms with Crippen LogP contribution in [0, 0.1) is 5.41 Å². The molecule has 1 amide bonds. The van der Waals surface area contributed by atoms with Gasteiger partial charge in [0.05, 0.1) is 0 Å². The molecule has 0 radical (unpaired) electrons. The predicted octanol–water partition coefficient (Wildman–Crippen LogP) is 2.24. The summed E-state index contributed by atoms with van der Waals surface area (Å²) in [5.74, 6) is 0.300. The van der Waals surface area contributed by atoms with E-state index in [1.807, 2.05) is 0 Å². The Morgan fingerprint density at radius 3 is 2.14 bits per heavy atom. The molecule has 1 aliphatic carbocycles. The number of carbonyl (C=O) groups is 1. The Kier molecular flexibility index (Phi) is 4.79. The zero-order valence-electron chi connectivity index (χ0n) is 14.5. The average Bonchev–Trinajstić information content (AvgIpc) is 2.53. The monoisotopic (exact) mass is 307 g/mol. The summed E-state index contributed by atoms with van der Waals surface area (Å²) in [6.45, 7) is 7.74. The van der Waals surface area contributed by atoms with Crippen LogP contribution in [-0.4, -0.2) is 61.0 Å². The number of nitrogens with zero attached hydrogens (tertiary/aromatic N) is 2. The Labute approximate surface area is 135 Å². The molecule has 3 rings (SSSR count). The molecule has 4 heteroatoms. The van der Waals surface area contributed by atoms with Crippen molar-refractivity contribution in [3.05, 3.63) is 0 Å². The van der Waals surface area contributed by atoms with E-state index in [1.165, 1.54) is 51.6 Å². The molecular weight excluding hydrogens is 274 g/mol. The Hall–Kier alpha value is -0.610. The van der Waals surface area contributed by atoms with E-state index in [1.54, 1.807) is 0 Å². The minimum Gasteiger partial charge on any atom is -0.354 e. The summed E-state index contributed by atoms with van der Waals surface area (Å²) >= 11 is 0. The molecule has 1 N–H and O–H groups in total. The highest BCUT2D eigenvalue weighted by molar-refractivity contribution is 5.83. The fraction of sp³-hybridized carbons (Fsp3) is 0.944. The fourth-order valence-corrected chi connectivity index (χ4v) is 4.40. The number of nitrogens with one attached hydrogen (secondary N) is 1. The second kappa shape index (κ2) is 6.48. The number of amides is 1. The number of carbonyl (C=O) groups excluding carboxylic acids is 1. The molecule has 1 saturated carbocycles. The van der Waals surface area contributed by atoms with Gasteiger partial charge in [-0.25, -0.2) is 0 Å². The SMILES string of the molecule is CN1CCC(CNC(=O)C2(C)CCC2)(N2CCCCC2)CC1. The molecule has 0 atom stereocenters. The molecule has 2 saturated heterocycles. The van der Waals surface area contributed by atoms with Gasteiger partial charge in [-0.1, -0.05) is 19.8 Å². The van der Waals surface area contributed by atoms with E-state index in [2.05, 4.69) is 29.1 Å². The summed E-state index contributed by atoms with van der Waals surface area (Å²) in [5.41, 5.74) is 0.136. The molecule has 0 bridgehead atoms. The standard InChI is InChI=1S/C18H33N3O/c1-17(7-6-8-17)16(22)19-15-18(9-13-20(2)14-10-18)21-11-4-3-5-12-21/h3-15H2,1-2H3,(H,19,22). The first-order valence-electron chi connectivity index (χ1n) is 9.26. The lowest BCUT2D eigenvalue weighted by molar-refractivity contribution is -0.135. The normalized spacial score (nSPS) is 28.8. The fourth-order valence-electron chi connectivity index (χ4n) is 4.40. The molecule has 2 aliphatic heterocycles. The van der Waals surface area contributed by atoms with Crippen LogP contribution in [-0.2, 0) is 4.79 Å². The first-order chi connectivity index (χ1) is 10.5. The average molecular weight is 307 g/mol. The van der Waals surface area contributed by atoms with Gasteiger partial charge < -0.3 is 10.2 Å². The molecule has 3 fully saturated rings. The summed E-state index contributed by atoms with van der Waals surface area (Å²) in [4.78, 5) is 17.7. The Morgan fingerprint density at radius 2 is 1.59 bits per heavy atom. The third-order valence-corrected chi connectivity index (χ3v) is 6.53. The first-order valence-corrected chi connectivity index (χ1v) is 9.26. The van der Waals surface area contributed by atoms with Crippen molar-refractivity contribution in [2.75, 3.05) is 39.8 Å². The summed E-state index contributed by atoms with van der Waals surface area (Å²) in [6.07, 6.45) is 9.76. The van der Waals surface area contributed by atoms with Gasteiger partial charge >= 0.3 is 0 Å². The van der Waals surface area contributed by atoms with Gasteiger partial charge in [0.25, 0.3) is 0 Å². The van der Waals surface area contributed by atoms with Crippen LogP contribution >= 0.6 is 0 Å². The minimum absolute atomic E-state index is 0.0749. The second-order valence-corrected chi connectivity index (χ2v) is 8.17. The molecule has 2 heterocycles. The second-order valence-electron chi connectivity index (χ2n) is 8.17. The maximum absolute atomic E-state index is 12.5. The van der Waals surface area contributed by atoms with Gasteiger partial charge in [0, 0.05) is 17.5 Å². The van der Waals surface area contributed by atoms with Crippen LogP contribution in [0.15, 0.2) is 0 Å². The minimum atomic E-state index is -0.0749. The molecule has 126 valence electrons. The van der Waals surface area contributed by atoms with Gasteiger partial charge in [-0.15, -0.1) is 0 Å². The van der Waals surface area contributed by atoms with Crippen LogP contribution in [0.2, 0.25) is 0 Å². The zero-order chi connectivity index (χ0) is 15.6. The zero-order valence-corrected chi connectivity index (χ0v) is 14.5. The summed E-state index contributed by atoms with van der Waals surface area (Å²) < 4.78 is 0. The number of hydrogen-bond acceptors (Lipinski definition) is 3. The molecule has 0 aromatic rings. The van der Waals surface area contributed by atoms with Crippen LogP contribution in [0.1, 0.15) is 58.3 Å². The van der Waals surface area contributed by atoms with Crippen LogP contribution < -0.4 is 5.32 Å².